The summed E-state index contributed by atoms with van der Waals surface area (Å²) in [6.07, 6.45) is 0.634. The molecule has 0 unspecified atom stereocenters. The van der Waals surface area contributed by atoms with Crippen LogP contribution >= 0.6 is 0 Å². The molecule has 2 aliphatic heterocycles. The number of benzene rings is 1. The van der Waals surface area contributed by atoms with Crippen LogP contribution in [0.4, 0.5) is 0 Å². The van der Waals surface area contributed by atoms with E-state index in [4.69, 9.17) is 14.2 Å². The molecular formula is C31H40N2O10. The third kappa shape index (κ3) is 5.19. The van der Waals surface area contributed by atoms with E-state index in [-0.39, 0.29) is 50.0 Å². The number of nitrogens with zero attached hydrogens (tertiary/aromatic N) is 1. The molecule has 2 aliphatic carbocycles. The molecule has 1 aromatic rings. The number of hydrogen-bond acceptors (Lipinski definition) is 10. The van der Waals surface area contributed by atoms with Gasteiger partial charge < -0.3 is 39.7 Å². The minimum Gasteiger partial charge on any atom is -0.481 e. The number of amides is 1. The zero-order chi connectivity index (χ0) is 31.3. The number of piperidine rings is 1. The van der Waals surface area contributed by atoms with Gasteiger partial charge in [-0.1, -0.05) is 26.0 Å². The number of carbonyl (C=O) groups is 4. The number of esters is 2. The molecule has 1 spiro atoms. The molecule has 1 fully saturated rings. The summed E-state index contributed by atoms with van der Waals surface area (Å²) in [5.41, 5.74) is 0.513. The molecule has 12 heteroatoms. The van der Waals surface area contributed by atoms with Gasteiger partial charge in [0, 0.05) is 23.6 Å². The lowest BCUT2D eigenvalue weighted by atomic mass is 9.50. The van der Waals surface area contributed by atoms with E-state index in [0.29, 0.717) is 30.7 Å². The lowest BCUT2D eigenvalue weighted by Gasteiger charge is -2.61. The highest BCUT2D eigenvalue weighted by Crippen LogP contribution is 2.64. The SMILES string of the molecule is CC(C)C[C@H](NC(=O)[C@H](C)OC(=O)CCC(=O)OC1=CC[C@@]2(O)[C@H]3Cc4ccc(CO)c5c4[C@@]2(CCN3C)[C@H]1O5)C(=O)O. The number of carboxylic acids is 1. The molecule has 1 amide bonds. The molecule has 234 valence electrons. The summed E-state index contributed by atoms with van der Waals surface area (Å²) in [5.74, 6) is -2.62. The normalized spacial score (nSPS) is 28.2. The number of carboxylic acid groups (broad SMARTS) is 1. The Morgan fingerprint density at radius 2 is 1.88 bits per heavy atom. The van der Waals surface area contributed by atoms with Crippen molar-refractivity contribution >= 4 is 23.8 Å². The molecular weight excluding hydrogens is 560 g/mol. The van der Waals surface area contributed by atoms with E-state index in [0.717, 1.165) is 11.1 Å². The average molecular weight is 601 g/mol. The summed E-state index contributed by atoms with van der Waals surface area (Å²) in [5, 5.41) is 34.0. The van der Waals surface area contributed by atoms with Gasteiger partial charge in [0.1, 0.15) is 17.6 Å². The fourth-order valence-electron chi connectivity index (χ4n) is 7.31. The van der Waals surface area contributed by atoms with Crippen LogP contribution < -0.4 is 10.1 Å². The number of likely N-dealkylation sites (N-methyl/N-ethyl adjacent to an activating group) is 1. The van der Waals surface area contributed by atoms with E-state index in [1.807, 2.05) is 33.0 Å². The van der Waals surface area contributed by atoms with Gasteiger partial charge in [-0.25, -0.2) is 4.79 Å². The third-order valence-electron chi connectivity index (χ3n) is 9.39. The molecule has 0 saturated carbocycles. The number of likely N-dealkylation sites (tertiary alicyclic amines) is 1. The fraction of sp³-hybridized carbons (Fsp3) is 0.613. The maximum atomic E-state index is 12.9. The van der Waals surface area contributed by atoms with Gasteiger partial charge in [-0.15, -0.1) is 0 Å². The van der Waals surface area contributed by atoms with Crippen LogP contribution in [-0.4, -0.2) is 87.5 Å². The standard InChI is InChI=1S/C31H40N2O10/c1-16(2)13-20(29(38)39)32-28(37)17(3)41-23(35)7-8-24(36)42-21-9-10-31(40)22-14-18-5-6-19(15-34)26-25(18)30(31,27(21)43-26)11-12-33(22)4/h5-6,9,16-17,20,22,27,34,40H,7-8,10-15H2,1-4H3,(H,32,37)(H,38,39)/t17-,20-,22+,27-,30-,31+/m0/s1. The van der Waals surface area contributed by atoms with Crippen molar-refractivity contribution in [3.63, 3.8) is 0 Å². The Morgan fingerprint density at radius 3 is 2.56 bits per heavy atom. The summed E-state index contributed by atoms with van der Waals surface area (Å²) in [7, 11) is 1.99. The van der Waals surface area contributed by atoms with Crippen molar-refractivity contribution < 1.29 is 48.7 Å². The molecule has 1 aromatic carbocycles. The van der Waals surface area contributed by atoms with E-state index in [1.54, 1.807) is 6.08 Å². The maximum Gasteiger partial charge on any atom is 0.326 e. The highest BCUT2D eigenvalue weighted by molar-refractivity contribution is 5.88. The number of ether oxygens (including phenoxy) is 3. The van der Waals surface area contributed by atoms with Crippen molar-refractivity contribution in [2.45, 2.75) is 101 Å². The molecule has 6 atom stereocenters. The second kappa shape index (κ2) is 11.5. The van der Waals surface area contributed by atoms with Crippen LogP contribution in [0.1, 0.15) is 69.6 Å². The number of aliphatic carboxylic acids is 1. The van der Waals surface area contributed by atoms with Crippen LogP contribution in [0.5, 0.6) is 5.75 Å². The molecule has 2 bridgehead atoms. The number of nitrogens with one attached hydrogen (secondary N) is 1. The second-order valence-corrected chi connectivity index (χ2v) is 12.5. The Balaban J connectivity index is 1.24. The van der Waals surface area contributed by atoms with E-state index in [2.05, 4.69) is 10.2 Å². The Bertz CT molecular complexity index is 1360. The van der Waals surface area contributed by atoms with Gasteiger partial charge in [-0.05, 0) is 57.3 Å². The highest BCUT2D eigenvalue weighted by Gasteiger charge is 2.71. The van der Waals surface area contributed by atoms with Gasteiger partial charge >= 0.3 is 17.9 Å². The smallest absolute Gasteiger partial charge is 0.326 e. The summed E-state index contributed by atoms with van der Waals surface area (Å²) in [6, 6.07) is 2.54. The number of rotatable bonds is 11. The number of aliphatic hydroxyl groups is 2. The van der Waals surface area contributed by atoms with Crippen molar-refractivity contribution in [1.29, 1.82) is 0 Å². The molecule has 4 N–H and O–H groups in total. The molecule has 43 heavy (non-hydrogen) atoms. The van der Waals surface area contributed by atoms with E-state index in [1.165, 1.54) is 6.92 Å². The first-order valence-electron chi connectivity index (χ1n) is 14.8. The summed E-state index contributed by atoms with van der Waals surface area (Å²) in [4.78, 5) is 51.4. The Kier molecular flexibility index (Phi) is 8.32. The average Bonchev–Trinajstić information content (AvgIpc) is 3.30. The number of aliphatic hydroxyl groups excluding tert-OH is 1. The number of hydrogen-bond donors (Lipinski definition) is 4. The van der Waals surface area contributed by atoms with Crippen LogP contribution in [0.25, 0.3) is 0 Å². The fourth-order valence-corrected chi connectivity index (χ4v) is 7.31. The minimum atomic E-state index is -1.25. The zero-order valence-corrected chi connectivity index (χ0v) is 24.9. The lowest BCUT2D eigenvalue weighted by Crippen LogP contribution is -2.74. The topological polar surface area (TPSA) is 172 Å². The van der Waals surface area contributed by atoms with E-state index in [9.17, 15) is 34.5 Å². The first-order chi connectivity index (χ1) is 20.3. The van der Waals surface area contributed by atoms with Gasteiger partial charge in [0.05, 0.1) is 30.5 Å². The number of carbonyl (C=O) groups excluding carboxylic acids is 3. The predicted octanol–water partition coefficient (Wildman–Crippen LogP) is 1.33. The van der Waals surface area contributed by atoms with Crippen molar-refractivity contribution in [3.05, 3.63) is 40.7 Å². The van der Waals surface area contributed by atoms with E-state index >= 15 is 0 Å². The van der Waals surface area contributed by atoms with Gasteiger partial charge in [-0.2, -0.15) is 0 Å². The Labute approximate surface area is 250 Å². The molecule has 0 radical (unpaired) electrons. The molecule has 5 rings (SSSR count). The predicted molar refractivity (Wildman–Crippen MR) is 151 cm³/mol. The van der Waals surface area contributed by atoms with Gasteiger partial charge in [0.15, 0.2) is 12.2 Å². The van der Waals surface area contributed by atoms with Gasteiger partial charge in [0.2, 0.25) is 0 Å². The monoisotopic (exact) mass is 600 g/mol. The highest BCUT2D eigenvalue weighted by atomic mass is 16.6. The largest absolute Gasteiger partial charge is 0.481 e. The van der Waals surface area contributed by atoms with Crippen molar-refractivity contribution in [2.75, 3.05) is 13.6 Å². The van der Waals surface area contributed by atoms with Gasteiger partial charge in [-0.3, -0.25) is 14.4 Å². The summed E-state index contributed by atoms with van der Waals surface area (Å²) < 4.78 is 17.3. The molecule has 0 aromatic heterocycles. The Hall–Kier alpha value is -3.48. The quantitative estimate of drug-likeness (QED) is 0.270. The molecule has 12 nitrogen and oxygen atoms in total. The summed E-state index contributed by atoms with van der Waals surface area (Å²) in [6.45, 7) is 5.46. The molecule has 4 aliphatic rings. The third-order valence-corrected chi connectivity index (χ3v) is 9.39. The van der Waals surface area contributed by atoms with Crippen molar-refractivity contribution in [3.8, 4) is 5.75 Å². The maximum absolute atomic E-state index is 12.9. The van der Waals surface area contributed by atoms with Crippen LogP contribution in [0, 0.1) is 5.92 Å². The lowest BCUT2D eigenvalue weighted by molar-refractivity contribution is -0.169. The Morgan fingerprint density at radius 1 is 1.16 bits per heavy atom. The first-order valence-corrected chi connectivity index (χ1v) is 14.8. The first kappa shape index (κ1) is 31.0. The van der Waals surface area contributed by atoms with Crippen molar-refractivity contribution in [1.82, 2.24) is 10.2 Å². The van der Waals surface area contributed by atoms with Crippen molar-refractivity contribution in [2.24, 2.45) is 5.92 Å². The van der Waals surface area contributed by atoms with Crippen LogP contribution in [0.3, 0.4) is 0 Å². The second-order valence-electron chi connectivity index (χ2n) is 12.5. The van der Waals surface area contributed by atoms with Gasteiger partial charge in [0.25, 0.3) is 5.91 Å². The van der Waals surface area contributed by atoms with E-state index < -0.39 is 53.1 Å². The summed E-state index contributed by atoms with van der Waals surface area (Å²) >= 11 is 0. The van der Waals surface area contributed by atoms with Crippen LogP contribution in [0.15, 0.2) is 24.0 Å². The minimum absolute atomic E-state index is 0.0273. The van der Waals surface area contributed by atoms with Crippen LogP contribution in [0.2, 0.25) is 0 Å². The van der Waals surface area contributed by atoms with Crippen LogP contribution in [-0.2, 0) is 47.1 Å². The zero-order valence-electron chi connectivity index (χ0n) is 24.9. The molecule has 1 saturated heterocycles. The molecule has 2 heterocycles.